The number of nitrogens with one attached hydrogen (secondary N) is 1. The summed E-state index contributed by atoms with van der Waals surface area (Å²) in [5.74, 6) is -0.662. The fourth-order valence-electron chi connectivity index (χ4n) is 3.63. The fourth-order valence-corrected chi connectivity index (χ4v) is 3.63. The van der Waals surface area contributed by atoms with Crippen molar-refractivity contribution in [2.24, 2.45) is 0 Å². The van der Waals surface area contributed by atoms with Gasteiger partial charge in [0.05, 0.1) is 0 Å². The van der Waals surface area contributed by atoms with E-state index in [1.165, 1.54) is 48.7 Å². The molecule has 1 amide bonds. The van der Waals surface area contributed by atoms with E-state index in [4.69, 9.17) is 0 Å². The molecule has 0 atom stereocenters. The van der Waals surface area contributed by atoms with Crippen LogP contribution in [0.1, 0.15) is 40.9 Å². The highest BCUT2D eigenvalue weighted by molar-refractivity contribution is 5.92. The molecular weight excluding hydrogens is 367 g/mol. The smallest absolute Gasteiger partial charge is 0.272 e. The number of rotatable bonds is 6. The van der Waals surface area contributed by atoms with Gasteiger partial charge in [-0.25, -0.2) is 9.07 Å². The van der Waals surface area contributed by atoms with Crippen LogP contribution in [-0.2, 0) is 13.1 Å². The number of carbonyl (C=O) groups excluding carboxylic acids is 1. The highest BCUT2D eigenvalue weighted by Crippen LogP contribution is 2.14. The zero-order valence-corrected chi connectivity index (χ0v) is 16.4. The van der Waals surface area contributed by atoms with E-state index in [1.54, 1.807) is 30.5 Å². The van der Waals surface area contributed by atoms with Crippen molar-refractivity contribution < 1.29 is 9.18 Å². The lowest BCUT2D eigenvalue weighted by atomic mass is 10.1. The summed E-state index contributed by atoms with van der Waals surface area (Å²) < 4.78 is 15.2. The van der Waals surface area contributed by atoms with E-state index < -0.39 is 0 Å². The molecule has 0 spiro atoms. The molecule has 2 aromatic carbocycles. The number of benzene rings is 2. The molecule has 0 saturated carbocycles. The summed E-state index contributed by atoms with van der Waals surface area (Å²) in [6, 6.07) is 16.3. The van der Waals surface area contributed by atoms with Gasteiger partial charge in [-0.15, -0.1) is 0 Å². The lowest BCUT2D eigenvalue weighted by molar-refractivity contribution is 0.0945. The number of aromatic nitrogens is 2. The summed E-state index contributed by atoms with van der Waals surface area (Å²) in [6.07, 6.45) is 5.50. The zero-order valence-electron chi connectivity index (χ0n) is 16.4. The topological polar surface area (TPSA) is 50.2 Å². The number of halogens is 1. The Bertz CT molecular complexity index is 961. The summed E-state index contributed by atoms with van der Waals surface area (Å²) in [4.78, 5) is 14.9. The molecule has 1 saturated heterocycles. The summed E-state index contributed by atoms with van der Waals surface area (Å²) in [6.45, 7) is 3.77. The minimum Gasteiger partial charge on any atom is -0.347 e. The van der Waals surface area contributed by atoms with E-state index >= 15 is 0 Å². The maximum Gasteiger partial charge on any atom is 0.272 e. The van der Waals surface area contributed by atoms with Gasteiger partial charge in [0.15, 0.2) is 5.69 Å². The number of amides is 1. The number of hydrogen-bond acceptors (Lipinski definition) is 3. The fraction of sp³-hybridized carbons (Fsp3) is 0.304. The largest absolute Gasteiger partial charge is 0.347 e. The summed E-state index contributed by atoms with van der Waals surface area (Å²) in [5, 5.41) is 7.07. The molecule has 0 radical (unpaired) electrons. The number of para-hydroxylation sites is 1. The minimum atomic E-state index is -0.382. The van der Waals surface area contributed by atoms with Gasteiger partial charge in [-0.2, -0.15) is 5.10 Å². The molecule has 1 aliphatic heterocycles. The predicted molar refractivity (Wildman–Crippen MR) is 110 cm³/mol. The predicted octanol–water partition coefficient (Wildman–Crippen LogP) is 3.93. The monoisotopic (exact) mass is 392 g/mol. The van der Waals surface area contributed by atoms with Crippen LogP contribution in [0, 0.1) is 5.82 Å². The molecule has 3 aromatic rings. The van der Waals surface area contributed by atoms with Gasteiger partial charge in [0.2, 0.25) is 0 Å². The summed E-state index contributed by atoms with van der Waals surface area (Å²) >= 11 is 0. The van der Waals surface area contributed by atoms with E-state index in [-0.39, 0.29) is 17.4 Å². The Morgan fingerprint density at radius 2 is 1.69 bits per heavy atom. The van der Waals surface area contributed by atoms with Gasteiger partial charge in [0.25, 0.3) is 5.91 Å². The zero-order chi connectivity index (χ0) is 20.1. The van der Waals surface area contributed by atoms with Crippen molar-refractivity contribution in [2.75, 3.05) is 13.1 Å². The third-order valence-corrected chi connectivity index (χ3v) is 5.25. The minimum absolute atomic E-state index is 0.259. The van der Waals surface area contributed by atoms with Gasteiger partial charge in [-0.05, 0) is 55.3 Å². The molecule has 4 rings (SSSR count). The van der Waals surface area contributed by atoms with Gasteiger partial charge in [-0.3, -0.25) is 9.69 Å². The first-order valence-electron chi connectivity index (χ1n) is 10.1. The van der Waals surface area contributed by atoms with Crippen LogP contribution >= 0.6 is 0 Å². The highest BCUT2D eigenvalue weighted by atomic mass is 19.1. The normalized spacial score (nSPS) is 14.7. The van der Waals surface area contributed by atoms with Crippen LogP contribution in [0.3, 0.4) is 0 Å². The second kappa shape index (κ2) is 9.01. The van der Waals surface area contributed by atoms with Crippen molar-refractivity contribution in [2.45, 2.75) is 32.4 Å². The number of piperidine rings is 1. The van der Waals surface area contributed by atoms with Crippen molar-refractivity contribution >= 4 is 5.91 Å². The molecule has 5 nitrogen and oxygen atoms in total. The summed E-state index contributed by atoms with van der Waals surface area (Å²) in [7, 11) is 0. The molecule has 0 aliphatic carbocycles. The van der Waals surface area contributed by atoms with Crippen LogP contribution in [0.5, 0.6) is 0 Å². The van der Waals surface area contributed by atoms with Crippen LogP contribution in [0.15, 0.2) is 60.8 Å². The van der Waals surface area contributed by atoms with Gasteiger partial charge in [0.1, 0.15) is 11.5 Å². The molecule has 0 bridgehead atoms. The number of hydrogen-bond donors (Lipinski definition) is 1. The van der Waals surface area contributed by atoms with Gasteiger partial charge in [0, 0.05) is 19.3 Å². The molecular formula is C23H25FN4O. The first-order valence-corrected chi connectivity index (χ1v) is 10.1. The Hall–Kier alpha value is -2.99. The average molecular weight is 392 g/mol. The van der Waals surface area contributed by atoms with E-state index in [2.05, 4.69) is 39.6 Å². The van der Waals surface area contributed by atoms with E-state index in [9.17, 15) is 9.18 Å². The third kappa shape index (κ3) is 4.90. The molecule has 2 heterocycles. The molecule has 0 unspecified atom stereocenters. The van der Waals surface area contributed by atoms with Crippen LogP contribution in [-0.4, -0.2) is 33.7 Å². The van der Waals surface area contributed by atoms with E-state index in [1.807, 2.05) is 0 Å². The Morgan fingerprint density at radius 3 is 2.45 bits per heavy atom. The average Bonchev–Trinajstić information content (AvgIpc) is 3.24. The second-order valence-corrected chi connectivity index (χ2v) is 7.43. The van der Waals surface area contributed by atoms with Gasteiger partial charge >= 0.3 is 0 Å². The Labute approximate surface area is 170 Å². The Kier molecular flexibility index (Phi) is 6.00. The summed E-state index contributed by atoms with van der Waals surface area (Å²) in [5.41, 5.74) is 2.91. The first-order chi connectivity index (χ1) is 14.2. The Balaban J connectivity index is 1.32. The van der Waals surface area contributed by atoms with Gasteiger partial charge in [-0.1, -0.05) is 42.8 Å². The number of likely N-dealkylation sites (tertiary alicyclic amines) is 1. The number of carbonyl (C=O) groups is 1. The van der Waals surface area contributed by atoms with Crippen molar-refractivity contribution in [1.82, 2.24) is 20.0 Å². The van der Waals surface area contributed by atoms with Crippen molar-refractivity contribution in [3.05, 3.63) is 83.4 Å². The standard InChI is InChI=1S/C23H25FN4O/c24-20-6-2-3-7-22(20)28-15-12-21(26-28)23(29)25-16-18-8-10-19(11-9-18)17-27-13-4-1-5-14-27/h2-3,6-12,15H,1,4-5,13-14,16-17H2,(H,25,29). The van der Waals surface area contributed by atoms with Gasteiger partial charge < -0.3 is 5.32 Å². The maximum absolute atomic E-state index is 13.9. The van der Waals surface area contributed by atoms with Crippen molar-refractivity contribution in [1.29, 1.82) is 0 Å². The van der Waals surface area contributed by atoms with Crippen LogP contribution in [0.4, 0.5) is 4.39 Å². The maximum atomic E-state index is 13.9. The van der Waals surface area contributed by atoms with Crippen LogP contribution in [0.25, 0.3) is 5.69 Å². The van der Waals surface area contributed by atoms with Crippen molar-refractivity contribution in [3.63, 3.8) is 0 Å². The first kappa shape index (κ1) is 19.3. The molecule has 1 aromatic heterocycles. The quantitative estimate of drug-likeness (QED) is 0.692. The molecule has 29 heavy (non-hydrogen) atoms. The Morgan fingerprint density at radius 1 is 0.966 bits per heavy atom. The van der Waals surface area contributed by atoms with E-state index in [0.29, 0.717) is 12.2 Å². The van der Waals surface area contributed by atoms with Crippen LogP contribution < -0.4 is 5.32 Å². The SMILES string of the molecule is O=C(NCc1ccc(CN2CCCCC2)cc1)c1ccn(-c2ccccc2F)n1. The molecule has 1 aliphatic rings. The van der Waals surface area contributed by atoms with E-state index in [0.717, 1.165) is 12.1 Å². The molecule has 1 N–H and O–H groups in total. The second-order valence-electron chi connectivity index (χ2n) is 7.43. The van der Waals surface area contributed by atoms with Crippen molar-refractivity contribution in [3.8, 4) is 5.69 Å². The lowest BCUT2D eigenvalue weighted by Crippen LogP contribution is -2.29. The molecule has 1 fully saturated rings. The molecule has 150 valence electrons. The molecule has 6 heteroatoms. The highest BCUT2D eigenvalue weighted by Gasteiger charge is 2.12. The third-order valence-electron chi connectivity index (χ3n) is 5.25. The lowest BCUT2D eigenvalue weighted by Gasteiger charge is -2.26. The van der Waals surface area contributed by atoms with Crippen LogP contribution in [0.2, 0.25) is 0 Å². The number of nitrogens with zero attached hydrogens (tertiary/aromatic N) is 3.